The van der Waals surface area contributed by atoms with Gasteiger partial charge in [0.05, 0.1) is 7.11 Å². The maximum absolute atomic E-state index is 13.8. The van der Waals surface area contributed by atoms with Crippen LogP contribution in [0.15, 0.2) is 12.1 Å². The number of carbonyl (C=O) groups is 2. The molecule has 0 aliphatic carbocycles. The predicted molar refractivity (Wildman–Crippen MR) is 88.9 cm³/mol. The zero-order valence-corrected chi connectivity index (χ0v) is 14.2. The first kappa shape index (κ1) is 17.8. The summed E-state index contributed by atoms with van der Waals surface area (Å²) in [5.74, 6) is -0.388. The summed E-state index contributed by atoms with van der Waals surface area (Å²) in [6.45, 7) is 6.00. The first-order valence-electron chi connectivity index (χ1n) is 7.89. The van der Waals surface area contributed by atoms with Crippen LogP contribution in [0, 0.1) is 12.7 Å². The number of nitrogens with one attached hydrogen (secondary N) is 2. The normalized spacial score (nSPS) is 14.3. The Bertz CT molecular complexity index is 616. The lowest BCUT2D eigenvalue weighted by Gasteiger charge is -2.34. The molecule has 4 amide bonds. The van der Waals surface area contributed by atoms with Gasteiger partial charge in [0.2, 0.25) is 0 Å². The number of nitrogens with zero attached hydrogens (tertiary/aromatic N) is 2. The Morgan fingerprint density at radius 2 is 1.75 bits per heavy atom. The van der Waals surface area contributed by atoms with E-state index in [0.29, 0.717) is 44.0 Å². The van der Waals surface area contributed by atoms with Crippen molar-refractivity contribution in [3.63, 3.8) is 0 Å². The molecule has 0 aromatic heterocycles. The third-order valence-corrected chi connectivity index (χ3v) is 3.92. The minimum atomic E-state index is -0.528. The van der Waals surface area contributed by atoms with Gasteiger partial charge in [-0.05, 0) is 25.5 Å². The predicted octanol–water partition coefficient (Wildman–Crippen LogP) is 2.02. The van der Waals surface area contributed by atoms with E-state index >= 15 is 0 Å². The van der Waals surface area contributed by atoms with Crippen LogP contribution in [0.3, 0.4) is 0 Å². The molecule has 8 heteroatoms. The summed E-state index contributed by atoms with van der Waals surface area (Å²) in [5, 5.41) is 5.45. The molecule has 1 aromatic carbocycles. The quantitative estimate of drug-likeness (QED) is 0.885. The second-order valence-corrected chi connectivity index (χ2v) is 5.54. The molecule has 1 aromatic rings. The van der Waals surface area contributed by atoms with Crippen molar-refractivity contribution in [2.75, 3.05) is 45.2 Å². The third kappa shape index (κ3) is 4.06. The van der Waals surface area contributed by atoms with Crippen molar-refractivity contribution in [2.24, 2.45) is 0 Å². The van der Waals surface area contributed by atoms with E-state index in [4.69, 9.17) is 4.74 Å². The molecule has 2 N–H and O–H groups in total. The van der Waals surface area contributed by atoms with E-state index in [1.807, 2.05) is 6.92 Å². The van der Waals surface area contributed by atoms with Crippen LogP contribution < -0.4 is 15.4 Å². The summed E-state index contributed by atoms with van der Waals surface area (Å²) in [6, 6.07) is 2.36. The molecule has 0 bridgehead atoms. The van der Waals surface area contributed by atoms with Crippen molar-refractivity contribution < 1.29 is 18.7 Å². The van der Waals surface area contributed by atoms with Crippen LogP contribution in [0.5, 0.6) is 5.75 Å². The number of piperazine rings is 1. The Kier molecular flexibility index (Phi) is 5.83. The van der Waals surface area contributed by atoms with Gasteiger partial charge in [-0.3, -0.25) is 0 Å². The zero-order chi connectivity index (χ0) is 17.7. The van der Waals surface area contributed by atoms with Crippen molar-refractivity contribution in [1.29, 1.82) is 0 Å². The average molecular weight is 338 g/mol. The van der Waals surface area contributed by atoms with Crippen molar-refractivity contribution >= 4 is 17.7 Å². The minimum absolute atomic E-state index is 0.120. The van der Waals surface area contributed by atoms with E-state index in [1.165, 1.54) is 19.2 Å². The first-order chi connectivity index (χ1) is 11.5. The summed E-state index contributed by atoms with van der Waals surface area (Å²) < 4.78 is 18.7. The molecule has 1 fully saturated rings. The van der Waals surface area contributed by atoms with Crippen molar-refractivity contribution in [2.45, 2.75) is 13.8 Å². The molecule has 0 saturated carbocycles. The van der Waals surface area contributed by atoms with Gasteiger partial charge in [-0.15, -0.1) is 0 Å². The smallest absolute Gasteiger partial charge is 0.321 e. The number of carbonyl (C=O) groups excluding carboxylic acids is 2. The monoisotopic (exact) mass is 338 g/mol. The fraction of sp³-hybridized carbons (Fsp3) is 0.500. The number of methoxy groups -OCH3 is 1. The molecular formula is C16H23FN4O3. The molecule has 24 heavy (non-hydrogen) atoms. The molecule has 2 rings (SSSR count). The second-order valence-electron chi connectivity index (χ2n) is 5.54. The Morgan fingerprint density at radius 3 is 2.29 bits per heavy atom. The van der Waals surface area contributed by atoms with Gasteiger partial charge in [0.25, 0.3) is 0 Å². The lowest BCUT2D eigenvalue weighted by molar-refractivity contribution is 0.149. The number of urea groups is 2. The van der Waals surface area contributed by atoms with Crippen LogP contribution in [-0.2, 0) is 0 Å². The van der Waals surface area contributed by atoms with Crippen LogP contribution in [0.4, 0.5) is 19.7 Å². The largest absolute Gasteiger partial charge is 0.494 e. The van der Waals surface area contributed by atoms with E-state index in [2.05, 4.69) is 10.6 Å². The summed E-state index contributed by atoms with van der Waals surface area (Å²) in [5.41, 5.74) is 1.12. The van der Waals surface area contributed by atoms with E-state index in [-0.39, 0.29) is 17.8 Å². The van der Waals surface area contributed by atoms with Crippen LogP contribution in [-0.4, -0.2) is 61.7 Å². The molecule has 0 radical (unpaired) electrons. The number of rotatable bonds is 3. The highest BCUT2D eigenvalue weighted by Crippen LogP contribution is 2.25. The van der Waals surface area contributed by atoms with Crippen molar-refractivity contribution in [3.05, 3.63) is 23.5 Å². The number of hydrogen-bond donors (Lipinski definition) is 2. The first-order valence-corrected chi connectivity index (χ1v) is 7.89. The molecule has 1 heterocycles. The zero-order valence-electron chi connectivity index (χ0n) is 14.2. The lowest BCUT2D eigenvalue weighted by atomic mass is 10.2. The maximum atomic E-state index is 13.8. The summed E-state index contributed by atoms with van der Waals surface area (Å²) in [6.07, 6.45) is 0. The van der Waals surface area contributed by atoms with Gasteiger partial charge in [0.15, 0.2) is 11.6 Å². The summed E-state index contributed by atoms with van der Waals surface area (Å²) in [7, 11) is 1.39. The Morgan fingerprint density at radius 1 is 1.17 bits per heavy atom. The number of halogens is 1. The lowest BCUT2D eigenvalue weighted by Crippen LogP contribution is -2.54. The van der Waals surface area contributed by atoms with Crippen LogP contribution >= 0.6 is 0 Å². The fourth-order valence-electron chi connectivity index (χ4n) is 2.52. The molecule has 132 valence electrons. The van der Waals surface area contributed by atoms with E-state index in [9.17, 15) is 14.0 Å². The highest BCUT2D eigenvalue weighted by atomic mass is 19.1. The van der Waals surface area contributed by atoms with Gasteiger partial charge < -0.3 is 25.2 Å². The minimum Gasteiger partial charge on any atom is -0.494 e. The van der Waals surface area contributed by atoms with Gasteiger partial charge >= 0.3 is 12.1 Å². The van der Waals surface area contributed by atoms with E-state index < -0.39 is 5.82 Å². The van der Waals surface area contributed by atoms with Gasteiger partial charge in [-0.25, -0.2) is 14.0 Å². The van der Waals surface area contributed by atoms with Crippen LogP contribution in [0.2, 0.25) is 0 Å². The SMILES string of the molecule is CCNC(=O)N1CCN(C(=O)Nc2cc(F)c(OC)cc2C)CC1. The molecule has 1 saturated heterocycles. The number of amides is 4. The standard InChI is InChI=1S/C16H23FN4O3/c1-4-18-15(22)20-5-7-21(8-6-20)16(23)19-13-10-12(17)14(24-3)9-11(13)2/h9-10H,4-8H2,1-3H3,(H,18,22)(H,19,23). The van der Waals surface area contributed by atoms with Gasteiger partial charge in [-0.1, -0.05) is 0 Å². The number of hydrogen-bond acceptors (Lipinski definition) is 3. The highest BCUT2D eigenvalue weighted by molar-refractivity contribution is 5.90. The van der Waals surface area contributed by atoms with Crippen LogP contribution in [0.1, 0.15) is 12.5 Å². The Labute approximate surface area is 140 Å². The summed E-state index contributed by atoms with van der Waals surface area (Å²) in [4.78, 5) is 27.4. The van der Waals surface area contributed by atoms with Gasteiger partial charge in [0.1, 0.15) is 0 Å². The third-order valence-electron chi connectivity index (χ3n) is 3.92. The highest BCUT2D eigenvalue weighted by Gasteiger charge is 2.24. The molecule has 0 unspecified atom stereocenters. The average Bonchev–Trinajstić information content (AvgIpc) is 2.58. The van der Waals surface area contributed by atoms with E-state index in [1.54, 1.807) is 16.7 Å². The molecule has 0 atom stereocenters. The molecule has 1 aliphatic heterocycles. The molecule has 1 aliphatic rings. The van der Waals surface area contributed by atoms with Crippen molar-refractivity contribution in [3.8, 4) is 5.75 Å². The van der Waals surface area contributed by atoms with E-state index in [0.717, 1.165) is 0 Å². The molecule has 0 spiro atoms. The van der Waals surface area contributed by atoms with Crippen LogP contribution in [0.25, 0.3) is 0 Å². The number of ether oxygens (including phenoxy) is 1. The molecule has 7 nitrogen and oxygen atoms in total. The Hall–Kier alpha value is -2.51. The topological polar surface area (TPSA) is 73.9 Å². The van der Waals surface area contributed by atoms with Crippen molar-refractivity contribution in [1.82, 2.24) is 15.1 Å². The van der Waals surface area contributed by atoms with Gasteiger partial charge in [-0.2, -0.15) is 0 Å². The fourth-order valence-corrected chi connectivity index (χ4v) is 2.52. The maximum Gasteiger partial charge on any atom is 0.321 e. The van der Waals surface area contributed by atoms with Gasteiger partial charge in [0, 0.05) is 44.5 Å². The second kappa shape index (κ2) is 7.85. The molecular weight excluding hydrogens is 315 g/mol. The number of aryl methyl sites for hydroxylation is 1. The number of anilines is 1. The number of benzene rings is 1. The Balaban J connectivity index is 1.95. The summed E-state index contributed by atoms with van der Waals surface area (Å²) >= 11 is 0.